The van der Waals surface area contributed by atoms with Gasteiger partial charge < -0.3 is 10.1 Å². The maximum absolute atomic E-state index is 11.7. The minimum absolute atomic E-state index is 0.0537. The van der Waals surface area contributed by atoms with Crippen molar-refractivity contribution in [1.29, 1.82) is 0 Å². The van der Waals surface area contributed by atoms with Gasteiger partial charge in [0.05, 0.1) is 18.6 Å². The summed E-state index contributed by atoms with van der Waals surface area (Å²) in [5, 5.41) is 5.84. The van der Waals surface area contributed by atoms with Gasteiger partial charge in [0.15, 0.2) is 0 Å². The average Bonchev–Trinajstić information content (AvgIpc) is 2.78. The Morgan fingerprint density at radius 2 is 2.25 bits per heavy atom. The first-order chi connectivity index (χ1) is 7.47. The second kappa shape index (κ2) is 5.54. The van der Waals surface area contributed by atoms with Gasteiger partial charge in [-0.15, -0.1) is 11.8 Å². The first-order valence-corrected chi connectivity index (χ1v) is 6.30. The van der Waals surface area contributed by atoms with Crippen molar-refractivity contribution in [2.75, 3.05) is 25.3 Å². The number of ether oxygens (including phenoxy) is 1. The van der Waals surface area contributed by atoms with Crippen molar-refractivity contribution < 1.29 is 14.3 Å². The topological polar surface area (TPSA) is 67.4 Å². The fraction of sp³-hybridized carbons (Fsp3) is 0.800. The minimum atomic E-state index is -0.684. The summed E-state index contributed by atoms with van der Waals surface area (Å²) in [5.41, 5.74) is -0.684. The van der Waals surface area contributed by atoms with Crippen LogP contribution in [-0.4, -0.2) is 43.2 Å². The van der Waals surface area contributed by atoms with Gasteiger partial charge in [0.25, 0.3) is 0 Å². The standard InChI is InChI=1S/C10H18N2O3S/c1-10(2,9(14)15-3)5-11-8(13)7-4-16-6-12-7/h7,12H,4-6H2,1-3H3,(H,11,13). The van der Waals surface area contributed by atoms with E-state index in [1.54, 1.807) is 25.6 Å². The van der Waals surface area contributed by atoms with Crippen LogP contribution in [0, 0.1) is 5.41 Å². The van der Waals surface area contributed by atoms with Crippen LogP contribution in [0.1, 0.15) is 13.8 Å². The van der Waals surface area contributed by atoms with Crippen LogP contribution in [0.5, 0.6) is 0 Å². The third-order valence-corrected chi connectivity index (χ3v) is 3.42. The van der Waals surface area contributed by atoms with E-state index in [0.717, 1.165) is 11.6 Å². The first kappa shape index (κ1) is 13.3. The molecule has 1 saturated heterocycles. The quantitative estimate of drug-likeness (QED) is 0.682. The SMILES string of the molecule is COC(=O)C(C)(C)CNC(=O)C1CSCN1. The van der Waals surface area contributed by atoms with Crippen LogP contribution in [0.4, 0.5) is 0 Å². The number of methoxy groups -OCH3 is 1. The summed E-state index contributed by atoms with van der Waals surface area (Å²) in [5.74, 6) is 1.21. The molecule has 1 atom stereocenters. The Bertz CT molecular complexity index is 275. The summed E-state index contributed by atoms with van der Waals surface area (Å²) in [6.07, 6.45) is 0. The van der Waals surface area contributed by atoms with Crippen LogP contribution >= 0.6 is 11.8 Å². The maximum Gasteiger partial charge on any atom is 0.313 e. The van der Waals surface area contributed by atoms with E-state index in [2.05, 4.69) is 15.4 Å². The van der Waals surface area contributed by atoms with Crippen LogP contribution in [-0.2, 0) is 14.3 Å². The molecule has 1 aliphatic rings. The molecule has 0 aromatic carbocycles. The highest BCUT2D eigenvalue weighted by molar-refractivity contribution is 7.99. The Kier molecular flexibility index (Phi) is 4.61. The van der Waals surface area contributed by atoms with Crippen molar-refractivity contribution in [3.63, 3.8) is 0 Å². The number of rotatable bonds is 4. The third kappa shape index (κ3) is 3.38. The molecule has 1 rings (SSSR count). The fourth-order valence-corrected chi connectivity index (χ4v) is 2.29. The molecule has 0 saturated carbocycles. The van der Waals surface area contributed by atoms with E-state index in [0.29, 0.717) is 6.54 Å². The first-order valence-electron chi connectivity index (χ1n) is 5.14. The summed E-state index contributed by atoms with van der Waals surface area (Å²) in [6.45, 7) is 3.78. The van der Waals surface area contributed by atoms with Crippen molar-refractivity contribution in [3.8, 4) is 0 Å². The van der Waals surface area contributed by atoms with E-state index in [4.69, 9.17) is 0 Å². The number of thioether (sulfide) groups is 1. The summed E-state index contributed by atoms with van der Waals surface area (Å²) < 4.78 is 4.66. The molecule has 1 fully saturated rings. The van der Waals surface area contributed by atoms with Crippen molar-refractivity contribution in [1.82, 2.24) is 10.6 Å². The second-order valence-electron chi connectivity index (χ2n) is 4.37. The van der Waals surface area contributed by atoms with Gasteiger partial charge in [-0.1, -0.05) is 0 Å². The molecule has 5 nitrogen and oxygen atoms in total. The number of hydrogen-bond donors (Lipinski definition) is 2. The van der Waals surface area contributed by atoms with Crippen molar-refractivity contribution in [2.24, 2.45) is 5.41 Å². The monoisotopic (exact) mass is 246 g/mol. The molecule has 0 spiro atoms. The average molecular weight is 246 g/mol. The zero-order valence-electron chi connectivity index (χ0n) is 9.83. The molecule has 16 heavy (non-hydrogen) atoms. The number of carbonyl (C=O) groups is 2. The zero-order chi connectivity index (χ0) is 12.2. The molecule has 2 N–H and O–H groups in total. The lowest BCUT2D eigenvalue weighted by atomic mass is 9.93. The molecular formula is C10H18N2O3S. The van der Waals surface area contributed by atoms with Gasteiger partial charge >= 0.3 is 5.97 Å². The number of esters is 1. The highest BCUT2D eigenvalue weighted by atomic mass is 32.2. The predicted octanol–water partition coefficient (Wildman–Crippen LogP) is -0.0357. The molecule has 1 amide bonds. The molecule has 0 aliphatic carbocycles. The van der Waals surface area contributed by atoms with E-state index >= 15 is 0 Å². The van der Waals surface area contributed by atoms with E-state index in [1.165, 1.54) is 7.11 Å². The summed E-state index contributed by atoms with van der Waals surface area (Å²) >= 11 is 1.69. The molecule has 6 heteroatoms. The lowest BCUT2D eigenvalue weighted by molar-refractivity contribution is -0.150. The van der Waals surface area contributed by atoms with Crippen LogP contribution < -0.4 is 10.6 Å². The van der Waals surface area contributed by atoms with Crippen LogP contribution in [0.2, 0.25) is 0 Å². The van der Waals surface area contributed by atoms with E-state index in [1.807, 2.05) is 0 Å². The maximum atomic E-state index is 11.7. The number of nitrogens with one attached hydrogen (secondary N) is 2. The van der Waals surface area contributed by atoms with Crippen molar-refractivity contribution >= 4 is 23.6 Å². The number of amides is 1. The Morgan fingerprint density at radius 3 is 2.75 bits per heavy atom. The van der Waals surface area contributed by atoms with Gasteiger partial charge in [0.2, 0.25) is 5.91 Å². The van der Waals surface area contributed by atoms with Gasteiger partial charge in [0.1, 0.15) is 0 Å². The molecule has 1 heterocycles. The van der Waals surface area contributed by atoms with Crippen LogP contribution in [0.3, 0.4) is 0 Å². The van der Waals surface area contributed by atoms with Crippen molar-refractivity contribution in [3.05, 3.63) is 0 Å². The molecule has 0 aromatic heterocycles. The molecule has 0 radical (unpaired) electrons. The Labute approximate surface area is 99.7 Å². The smallest absolute Gasteiger partial charge is 0.313 e. The van der Waals surface area contributed by atoms with Crippen LogP contribution in [0.25, 0.3) is 0 Å². The van der Waals surface area contributed by atoms with E-state index in [-0.39, 0.29) is 17.9 Å². The Morgan fingerprint density at radius 1 is 1.56 bits per heavy atom. The molecule has 1 unspecified atom stereocenters. The number of carbonyl (C=O) groups excluding carboxylic acids is 2. The highest BCUT2D eigenvalue weighted by Gasteiger charge is 2.31. The normalized spacial score (nSPS) is 20.6. The fourth-order valence-electron chi connectivity index (χ4n) is 1.34. The molecule has 92 valence electrons. The van der Waals surface area contributed by atoms with Gasteiger partial charge in [0, 0.05) is 18.2 Å². The zero-order valence-corrected chi connectivity index (χ0v) is 10.6. The predicted molar refractivity (Wildman–Crippen MR) is 63.1 cm³/mol. The van der Waals surface area contributed by atoms with Crippen LogP contribution in [0.15, 0.2) is 0 Å². The van der Waals surface area contributed by atoms with Gasteiger partial charge in [-0.3, -0.25) is 14.9 Å². The summed E-state index contributed by atoms with van der Waals surface area (Å²) in [6, 6.07) is -0.140. The van der Waals surface area contributed by atoms with Gasteiger partial charge in [-0.2, -0.15) is 0 Å². The van der Waals surface area contributed by atoms with Gasteiger partial charge in [-0.25, -0.2) is 0 Å². The molecular weight excluding hydrogens is 228 g/mol. The van der Waals surface area contributed by atoms with Crippen molar-refractivity contribution in [2.45, 2.75) is 19.9 Å². The Hall–Kier alpha value is -0.750. The minimum Gasteiger partial charge on any atom is -0.469 e. The number of hydrogen-bond acceptors (Lipinski definition) is 5. The van der Waals surface area contributed by atoms with E-state index < -0.39 is 5.41 Å². The largest absolute Gasteiger partial charge is 0.469 e. The highest BCUT2D eigenvalue weighted by Crippen LogP contribution is 2.16. The lowest BCUT2D eigenvalue weighted by Gasteiger charge is -2.22. The Balaban J connectivity index is 2.38. The molecule has 0 aromatic rings. The summed E-state index contributed by atoms with van der Waals surface area (Å²) in [7, 11) is 1.35. The van der Waals surface area contributed by atoms with Gasteiger partial charge in [-0.05, 0) is 13.8 Å². The molecule has 0 bridgehead atoms. The molecule has 1 aliphatic heterocycles. The lowest BCUT2D eigenvalue weighted by Crippen LogP contribution is -2.47. The van der Waals surface area contributed by atoms with E-state index in [9.17, 15) is 9.59 Å². The third-order valence-electron chi connectivity index (χ3n) is 2.48. The summed E-state index contributed by atoms with van der Waals surface area (Å²) in [4.78, 5) is 23.0. The second-order valence-corrected chi connectivity index (χ2v) is 5.40.